The van der Waals surface area contributed by atoms with Crippen LogP contribution in [0.5, 0.6) is 0 Å². The third kappa shape index (κ3) is 2.60. The first kappa shape index (κ1) is 13.6. The molecule has 21 heavy (non-hydrogen) atoms. The predicted octanol–water partition coefficient (Wildman–Crippen LogP) is 2.10. The maximum Gasteiger partial charge on any atom is 0.235 e. The normalized spacial score (nSPS) is 16.0. The van der Waals surface area contributed by atoms with Gasteiger partial charge in [-0.15, -0.1) is 0 Å². The fraction of sp³-hybridized carbons (Fsp3) is 0.333. The molecule has 108 valence electrons. The van der Waals surface area contributed by atoms with Gasteiger partial charge in [-0.25, -0.2) is 4.39 Å². The number of halogens is 1. The Labute approximate surface area is 122 Å². The molecule has 1 aromatic heterocycles. The molecule has 0 spiro atoms. The molecule has 1 aromatic carbocycles. The molecule has 0 unspecified atom stereocenters. The van der Waals surface area contributed by atoms with E-state index in [0.29, 0.717) is 5.88 Å². The lowest BCUT2D eigenvalue weighted by atomic mass is 10.2. The van der Waals surface area contributed by atoms with E-state index in [-0.39, 0.29) is 17.1 Å². The van der Waals surface area contributed by atoms with Gasteiger partial charge < -0.3 is 14.2 Å². The highest BCUT2D eigenvalue weighted by Crippen LogP contribution is 2.29. The van der Waals surface area contributed by atoms with Gasteiger partial charge in [0.1, 0.15) is 11.9 Å². The topological polar surface area (TPSA) is 56.3 Å². The number of likely N-dealkylation sites (N-methyl/N-ethyl adjacent to an activating group) is 1. The molecular formula is C15H15FN4O. The molecule has 3 rings (SSSR count). The van der Waals surface area contributed by atoms with Gasteiger partial charge in [-0.2, -0.15) is 10.2 Å². The average Bonchev–Trinajstić information content (AvgIpc) is 2.92. The summed E-state index contributed by atoms with van der Waals surface area (Å²) in [5.41, 5.74) is 0.479. The van der Waals surface area contributed by atoms with Crippen LogP contribution in [0.4, 0.5) is 10.3 Å². The van der Waals surface area contributed by atoms with Crippen LogP contribution in [-0.4, -0.2) is 43.1 Å². The molecule has 0 atom stereocenters. The first-order chi connectivity index (χ1) is 10.2. The SMILES string of the molecule is CN1CCN(c2oc(-c3ccccc3F)nc2C#N)CC1. The Morgan fingerprint density at radius 1 is 1.24 bits per heavy atom. The molecule has 0 N–H and O–H groups in total. The summed E-state index contributed by atoms with van der Waals surface area (Å²) < 4.78 is 19.5. The van der Waals surface area contributed by atoms with Gasteiger partial charge in [-0.1, -0.05) is 12.1 Å². The van der Waals surface area contributed by atoms with Gasteiger partial charge in [0.2, 0.25) is 17.5 Å². The van der Waals surface area contributed by atoms with Crippen molar-refractivity contribution in [2.24, 2.45) is 0 Å². The van der Waals surface area contributed by atoms with Crippen LogP contribution in [0.3, 0.4) is 0 Å². The lowest BCUT2D eigenvalue weighted by Crippen LogP contribution is -2.44. The van der Waals surface area contributed by atoms with Crippen LogP contribution < -0.4 is 4.90 Å². The molecule has 1 saturated heterocycles. The number of rotatable bonds is 2. The minimum atomic E-state index is -0.409. The van der Waals surface area contributed by atoms with Crippen LogP contribution in [0.2, 0.25) is 0 Å². The molecule has 2 aromatic rings. The van der Waals surface area contributed by atoms with Crippen molar-refractivity contribution in [1.29, 1.82) is 5.26 Å². The number of oxazole rings is 1. The number of aromatic nitrogens is 1. The van der Waals surface area contributed by atoms with Crippen LogP contribution in [-0.2, 0) is 0 Å². The minimum absolute atomic E-state index is 0.151. The third-order valence-electron chi connectivity index (χ3n) is 3.61. The summed E-state index contributed by atoms with van der Waals surface area (Å²) in [7, 11) is 2.05. The number of hydrogen-bond donors (Lipinski definition) is 0. The van der Waals surface area contributed by atoms with E-state index in [2.05, 4.69) is 9.88 Å². The third-order valence-corrected chi connectivity index (χ3v) is 3.61. The van der Waals surface area contributed by atoms with Crippen LogP contribution in [0.25, 0.3) is 11.5 Å². The standard InChI is InChI=1S/C15H15FN4O/c1-19-6-8-20(9-7-19)15-13(10-17)18-14(21-15)11-4-2-3-5-12(11)16/h2-5H,6-9H2,1H3. The first-order valence-electron chi connectivity index (χ1n) is 6.78. The molecule has 6 heteroatoms. The summed E-state index contributed by atoms with van der Waals surface area (Å²) in [6.07, 6.45) is 0. The molecule has 0 bridgehead atoms. The zero-order valence-electron chi connectivity index (χ0n) is 11.7. The molecule has 0 radical (unpaired) electrons. The summed E-state index contributed by atoms with van der Waals surface area (Å²) in [5.74, 6) is 0.176. The van der Waals surface area contributed by atoms with Gasteiger partial charge in [-0.3, -0.25) is 0 Å². The highest BCUT2D eigenvalue weighted by molar-refractivity contribution is 5.60. The monoisotopic (exact) mass is 286 g/mol. The second kappa shape index (κ2) is 5.54. The maximum absolute atomic E-state index is 13.8. The van der Waals surface area contributed by atoms with Crippen molar-refractivity contribution >= 4 is 5.88 Å². The van der Waals surface area contributed by atoms with E-state index in [1.807, 2.05) is 18.0 Å². The number of anilines is 1. The Morgan fingerprint density at radius 3 is 2.62 bits per heavy atom. The van der Waals surface area contributed by atoms with Gasteiger partial charge in [0.05, 0.1) is 5.56 Å². The molecular weight excluding hydrogens is 271 g/mol. The summed E-state index contributed by atoms with van der Waals surface area (Å²) in [6.45, 7) is 3.30. The van der Waals surface area contributed by atoms with E-state index < -0.39 is 5.82 Å². The summed E-state index contributed by atoms with van der Waals surface area (Å²) in [6, 6.07) is 8.29. The number of piperazine rings is 1. The van der Waals surface area contributed by atoms with E-state index in [0.717, 1.165) is 26.2 Å². The van der Waals surface area contributed by atoms with Crippen molar-refractivity contribution in [3.63, 3.8) is 0 Å². The number of nitriles is 1. The van der Waals surface area contributed by atoms with Crippen LogP contribution >= 0.6 is 0 Å². The van der Waals surface area contributed by atoms with Crippen molar-refractivity contribution in [2.45, 2.75) is 0 Å². The largest absolute Gasteiger partial charge is 0.419 e. The smallest absolute Gasteiger partial charge is 0.235 e. The second-order valence-corrected chi connectivity index (χ2v) is 5.05. The zero-order valence-corrected chi connectivity index (χ0v) is 11.7. The Hall–Kier alpha value is -2.39. The quantitative estimate of drug-likeness (QED) is 0.846. The minimum Gasteiger partial charge on any atom is -0.419 e. The lowest BCUT2D eigenvalue weighted by Gasteiger charge is -2.31. The van der Waals surface area contributed by atoms with E-state index in [9.17, 15) is 9.65 Å². The average molecular weight is 286 g/mol. The van der Waals surface area contributed by atoms with Gasteiger partial charge in [-0.05, 0) is 19.2 Å². The van der Waals surface area contributed by atoms with Gasteiger partial charge in [0.15, 0.2) is 0 Å². The van der Waals surface area contributed by atoms with Crippen molar-refractivity contribution in [3.8, 4) is 17.5 Å². The summed E-state index contributed by atoms with van der Waals surface area (Å²) >= 11 is 0. The van der Waals surface area contributed by atoms with Gasteiger partial charge in [0.25, 0.3) is 0 Å². The van der Waals surface area contributed by atoms with Crippen LogP contribution in [0, 0.1) is 17.1 Å². The van der Waals surface area contributed by atoms with Crippen molar-refractivity contribution < 1.29 is 8.81 Å². The summed E-state index contributed by atoms with van der Waals surface area (Å²) in [5, 5.41) is 9.23. The Kier molecular flexibility index (Phi) is 3.59. The van der Waals surface area contributed by atoms with Gasteiger partial charge in [0, 0.05) is 26.2 Å². The van der Waals surface area contributed by atoms with Crippen LogP contribution in [0.15, 0.2) is 28.7 Å². The number of benzene rings is 1. The molecule has 1 aliphatic rings. The molecule has 5 nitrogen and oxygen atoms in total. The van der Waals surface area contributed by atoms with Crippen LogP contribution in [0.1, 0.15) is 5.69 Å². The Bertz CT molecular complexity index is 683. The highest BCUT2D eigenvalue weighted by atomic mass is 19.1. The van der Waals surface area contributed by atoms with Gasteiger partial charge >= 0.3 is 0 Å². The van der Waals surface area contributed by atoms with E-state index >= 15 is 0 Å². The fourth-order valence-corrected chi connectivity index (χ4v) is 2.36. The molecule has 1 fully saturated rings. The molecule has 2 heterocycles. The predicted molar refractivity (Wildman–Crippen MR) is 76.3 cm³/mol. The van der Waals surface area contributed by atoms with E-state index in [1.165, 1.54) is 6.07 Å². The fourth-order valence-electron chi connectivity index (χ4n) is 2.36. The molecule has 0 aliphatic carbocycles. The Morgan fingerprint density at radius 2 is 1.95 bits per heavy atom. The summed E-state index contributed by atoms with van der Waals surface area (Å²) in [4.78, 5) is 8.32. The molecule has 0 amide bonds. The van der Waals surface area contributed by atoms with E-state index in [1.54, 1.807) is 18.2 Å². The van der Waals surface area contributed by atoms with Crippen molar-refractivity contribution in [1.82, 2.24) is 9.88 Å². The zero-order chi connectivity index (χ0) is 14.8. The lowest BCUT2D eigenvalue weighted by molar-refractivity contribution is 0.306. The number of nitrogens with zero attached hydrogens (tertiary/aromatic N) is 4. The highest BCUT2D eigenvalue weighted by Gasteiger charge is 2.24. The van der Waals surface area contributed by atoms with E-state index in [4.69, 9.17) is 4.42 Å². The second-order valence-electron chi connectivity index (χ2n) is 5.05. The van der Waals surface area contributed by atoms with Crippen molar-refractivity contribution in [2.75, 3.05) is 38.1 Å². The molecule has 1 aliphatic heterocycles. The Balaban J connectivity index is 1.96. The number of hydrogen-bond acceptors (Lipinski definition) is 5. The maximum atomic E-state index is 13.8. The molecule has 0 saturated carbocycles. The first-order valence-corrected chi connectivity index (χ1v) is 6.78. The van der Waals surface area contributed by atoms with Crippen molar-refractivity contribution in [3.05, 3.63) is 35.8 Å².